The smallest absolute Gasteiger partial charge is 0.328 e. The number of nitrogens with zero attached hydrogens (tertiary/aromatic N) is 2. The summed E-state index contributed by atoms with van der Waals surface area (Å²) in [5.41, 5.74) is 1.52. The predicted octanol–water partition coefficient (Wildman–Crippen LogP) is 3.03. The van der Waals surface area contributed by atoms with Crippen LogP contribution in [0.5, 0.6) is 0 Å². The van der Waals surface area contributed by atoms with E-state index in [1.54, 1.807) is 19.3 Å². The van der Waals surface area contributed by atoms with Crippen LogP contribution in [0, 0.1) is 0 Å². The monoisotopic (exact) mass is 404 g/mol. The molecule has 0 N–H and O–H groups in total. The van der Waals surface area contributed by atoms with E-state index in [0.717, 1.165) is 36.0 Å². The van der Waals surface area contributed by atoms with E-state index >= 15 is 0 Å². The Balaban J connectivity index is 1.75. The summed E-state index contributed by atoms with van der Waals surface area (Å²) in [6.45, 7) is 1.89. The second-order valence-electron chi connectivity index (χ2n) is 6.29. The number of carbonyl (C=O) groups is 1. The fraction of sp³-hybridized carbons (Fsp3) is 0.368. The van der Waals surface area contributed by atoms with Gasteiger partial charge in [0, 0.05) is 23.8 Å². The van der Waals surface area contributed by atoms with Crippen molar-refractivity contribution in [2.24, 2.45) is 7.05 Å². The van der Waals surface area contributed by atoms with Crippen LogP contribution >= 0.6 is 15.9 Å². The van der Waals surface area contributed by atoms with Crippen molar-refractivity contribution in [1.82, 2.24) is 9.47 Å². The summed E-state index contributed by atoms with van der Waals surface area (Å²) in [5, 5.41) is 0. The number of halogens is 1. The Labute approximate surface area is 155 Å². The zero-order chi connectivity index (χ0) is 17.8. The number of benzene rings is 1. The summed E-state index contributed by atoms with van der Waals surface area (Å²) < 4.78 is 8.00. The molecule has 1 unspecified atom stereocenters. The molecule has 1 atom stereocenters. The van der Waals surface area contributed by atoms with Gasteiger partial charge in [0.2, 0.25) is 0 Å². The number of hydrogen-bond donors (Lipinski definition) is 0. The van der Waals surface area contributed by atoms with Crippen molar-refractivity contribution in [1.29, 1.82) is 0 Å². The Morgan fingerprint density at radius 1 is 1.20 bits per heavy atom. The third-order valence-corrected chi connectivity index (χ3v) is 4.99. The zero-order valence-corrected chi connectivity index (χ0v) is 15.7. The maximum absolute atomic E-state index is 12.8. The lowest BCUT2D eigenvalue weighted by molar-refractivity contribution is -0.151. The molecule has 0 aliphatic carbocycles. The Morgan fingerprint density at radius 2 is 1.88 bits per heavy atom. The molecule has 3 rings (SSSR count). The second-order valence-corrected chi connectivity index (χ2v) is 7.20. The Bertz CT molecular complexity index is 795. The lowest BCUT2D eigenvalue weighted by Crippen LogP contribution is -2.33. The van der Waals surface area contributed by atoms with E-state index in [4.69, 9.17) is 4.74 Å². The summed E-state index contributed by atoms with van der Waals surface area (Å²) in [5.74, 6) is -0.273. The largest absolute Gasteiger partial charge is 0.459 e. The van der Waals surface area contributed by atoms with Gasteiger partial charge in [0.1, 0.15) is 12.6 Å². The molecule has 1 aromatic heterocycles. The molecule has 0 bridgehead atoms. The number of esters is 1. The summed E-state index contributed by atoms with van der Waals surface area (Å²) in [6.07, 6.45) is 3.86. The molecule has 1 aliphatic rings. The third-order valence-electron chi connectivity index (χ3n) is 4.46. The molecule has 0 saturated carbocycles. The van der Waals surface area contributed by atoms with Crippen LogP contribution in [0.25, 0.3) is 0 Å². The van der Waals surface area contributed by atoms with E-state index in [1.807, 2.05) is 24.3 Å². The molecule has 0 amide bonds. The molecule has 1 saturated heterocycles. The van der Waals surface area contributed by atoms with E-state index in [9.17, 15) is 9.59 Å². The quantitative estimate of drug-likeness (QED) is 0.718. The SMILES string of the molecule is Cn1ccc(COC(=O)C(c2ccc(Br)cc2)N2CCCC2)cc1=O. The van der Waals surface area contributed by atoms with E-state index in [-0.39, 0.29) is 18.1 Å². The zero-order valence-electron chi connectivity index (χ0n) is 14.2. The number of aromatic nitrogens is 1. The van der Waals surface area contributed by atoms with Crippen LogP contribution in [0.4, 0.5) is 0 Å². The van der Waals surface area contributed by atoms with Crippen molar-refractivity contribution >= 4 is 21.9 Å². The number of aryl methyl sites for hydroxylation is 1. The molecule has 0 radical (unpaired) electrons. The minimum absolute atomic E-state index is 0.107. The third kappa shape index (κ3) is 4.38. The summed E-state index contributed by atoms with van der Waals surface area (Å²) in [4.78, 5) is 26.6. The number of hydrogen-bond acceptors (Lipinski definition) is 4. The molecule has 2 aromatic rings. The average molecular weight is 405 g/mol. The number of likely N-dealkylation sites (tertiary alicyclic amines) is 1. The minimum Gasteiger partial charge on any atom is -0.459 e. The lowest BCUT2D eigenvalue weighted by atomic mass is 10.1. The van der Waals surface area contributed by atoms with Gasteiger partial charge in [0.25, 0.3) is 5.56 Å². The first-order valence-corrected chi connectivity index (χ1v) is 9.15. The second kappa shape index (κ2) is 7.97. The fourth-order valence-corrected chi connectivity index (χ4v) is 3.32. The van der Waals surface area contributed by atoms with E-state index in [2.05, 4.69) is 20.8 Å². The first-order chi connectivity index (χ1) is 12.0. The summed E-state index contributed by atoms with van der Waals surface area (Å²) >= 11 is 3.43. The Kier molecular flexibility index (Phi) is 5.71. The summed E-state index contributed by atoms with van der Waals surface area (Å²) in [7, 11) is 1.69. The fourth-order valence-electron chi connectivity index (χ4n) is 3.05. The topological polar surface area (TPSA) is 51.5 Å². The van der Waals surface area contributed by atoms with Gasteiger partial charge in [-0.3, -0.25) is 9.69 Å². The van der Waals surface area contributed by atoms with Gasteiger partial charge < -0.3 is 9.30 Å². The van der Waals surface area contributed by atoms with Crippen molar-refractivity contribution < 1.29 is 9.53 Å². The average Bonchev–Trinajstić information content (AvgIpc) is 3.12. The van der Waals surface area contributed by atoms with Crippen LogP contribution in [-0.2, 0) is 23.2 Å². The Hall–Kier alpha value is -1.92. The first kappa shape index (κ1) is 17.9. The van der Waals surface area contributed by atoms with Gasteiger partial charge in [-0.25, -0.2) is 4.79 Å². The first-order valence-electron chi connectivity index (χ1n) is 8.36. The van der Waals surface area contributed by atoms with E-state index in [1.165, 1.54) is 10.6 Å². The number of ether oxygens (including phenoxy) is 1. The number of pyridine rings is 1. The molecule has 6 heteroatoms. The van der Waals surface area contributed by atoms with Gasteiger partial charge in [0.15, 0.2) is 0 Å². The van der Waals surface area contributed by atoms with Crippen molar-refractivity contribution in [3.8, 4) is 0 Å². The van der Waals surface area contributed by atoms with E-state index in [0.29, 0.717) is 5.56 Å². The molecule has 5 nitrogen and oxygen atoms in total. The van der Waals surface area contributed by atoms with Crippen molar-refractivity contribution in [2.75, 3.05) is 13.1 Å². The van der Waals surface area contributed by atoms with Crippen molar-refractivity contribution in [3.63, 3.8) is 0 Å². The van der Waals surface area contributed by atoms with Crippen molar-refractivity contribution in [3.05, 3.63) is 68.5 Å². The van der Waals surface area contributed by atoms with Crippen LogP contribution in [0.3, 0.4) is 0 Å². The van der Waals surface area contributed by atoms with Gasteiger partial charge in [-0.1, -0.05) is 28.1 Å². The highest BCUT2D eigenvalue weighted by Crippen LogP contribution is 2.27. The number of rotatable bonds is 5. The predicted molar refractivity (Wildman–Crippen MR) is 99.2 cm³/mol. The molecule has 132 valence electrons. The normalized spacial score (nSPS) is 15.9. The minimum atomic E-state index is -0.401. The van der Waals surface area contributed by atoms with Gasteiger partial charge >= 0.3 is 5.97 Å². The highest BCUT2D eigenvalue weighted by molar-refractivity contribution is 9.10. The molecule has 0 spiro atoms. The maximum Gasteiger partial charge on any atom is 0.328 e. The lowest BCUT2D eigenvalue weighted by Gasteiger charge is -2.26. The molecule has 2 heterocycles. The van der Waals surface area contributed by atoms with Gasteiger partial charge in [-0.05, 0) is 55.3 Å². The van der Waals surface area contributed by atoms with E-state index < -0.39 is 6.04 Å². The van der Waals surface area contributed by atoms with Crippen LogP contribution in [0.15, 0.2) is 51.9 Å². The molecular formula is C19H21BrN2O3. The molecule has 1 fully saturated rings. The van der Waals surface area contributed by atoms with Crippen LogP contribution in [-0.4, -0.2) is 28.5 Å². The molecule has 25 heavy (non-hydrogen) atoms. The highest BCUT2D eigenvalue weighted by atomic mass is 79.9. The maximum atomic E-state index is 12.8. The van der Waals surface area contributed by atoms with Crippen LogP contribution in [0.1, 0.15) is 30.0 Å². The Morgan fingerprint density at radius 3 is 2.52 bits per heavy atom. The molecular weight excluding hydrogens is 384 g/mol. The van der Waals surface area contributed by atoms with Crippen LogP contribution < -0.4 is 5.56 Å². The standard InChI is InChI=1S/C19H21BrN2O3/c1-21-11-8-14(12-17(21)23)13-25-19(24)18(22-9-2-3-10-22)15-4-6-16(20)7-5-15/h4-8,11-12,18H,2-3,9-10,13H2,1H3. The van der Waals surface area contributed by atoms with Crippen LogP contribution in [0.2, 0.25) is 0 Å². The highest BCUT2D eigenvalue weighted by Gasteiger charge is 2.31. The molecule has 1 aromatic carbocycles. The van der Waals surface area contributed by atoms with Gasteiger partial charge in [0.05, 0.1) is 0 Å². The van der Waals surface area contributed by atoms with Gasteiger partial charge in [-0.15, -0.1) is 0 Å². The molecule has 1 aliphatic heterocycles. The summed E-state index contributed by atoms with van der Waals surface area (Å²) in [6, 6.07) is 10.7. The number of carbonyl (C=O) groups excluding carboxylic acids is 1. The van der Waals surface area contributed by atoms with Crippen molar-refractivity contribution in [2.45, 2.75) is 25.5 Å². The van der Waals surface area contributed by atoms with Gasteiger partial charge in [-0.2, -0.15) is 0 Å².